The molecule has 1 aliphatic rings. The number of hydrogen-bond acceptors (Lipinski definition) is 5. The zero-order valence-electron chi connectivity index (χ0n) is 23.6. The quantitative estimate of drug-likeness (QED) is 0.149. The van der Waals surface area contributed by atoms with Crippen LogP contribution < -0.4 is 5.32 Å². The van der Waals surface area contributed by atoms with Gasteiger partial charge in [-0.05, 0) is 30.5 Å². The number of ether oxygens (including phenoxy) is 3. The molecule has 0 radical (unpaired) electrons. The number of pyridine rings is 1. The molecule has 0 bridgehead atoms. The molecule has 1 aromatic heterocycles. The molecule has 1 aromatic rings. The lowest BCUT2D eigenvalue weighted by Crippen LogP contribution is -2.27. The Morgan fingerprint density at radius 3 is 2.03 bits per heavy atom. The highest BCUT2D eigenvalue weighted by molar-refractivity contribution is 5.67. The summed E-state index contributed by atoms with van der Waals surface area (Å²) in [5.41, 5.74) is 0.991. The highest BCUT2D eigenvalue weighted by Gasteiger charge is 2.26. The molecule has 37 heavy (non-hydrogen) atoms. The van der Waals surface area contributed by atoms with Crippen molar-refractivity contribution in [3.8, 4) is 0 Å². The van der Waals surface area contributed by atoms with Gasteiger partial charge in [-0.25, -0.2) is 4.79 Å². The Bertz CT molecular complexity index is 658. The monoisotopic (exact) mass is 518 g/mol. The summed E-state index contributed by atoms with van der Waals surface area (Å²) in [5.74, 6) is 0.398. The Morgan fingerprint density at radius 2 is 1.43 bits per heavy atom. The van der Waals surface area contributed by atoms with Crippen molar-refractivity contribution in [3.05, 3.63) is 30.1 Å². The Labute approximate surface area is 226 Å². The van der Waals surface area contributed by atoms with Gasteiger partial charge in [0.2, 0.25) is 0 Å². The van der Waals surface area contributed by atoms with Crippen molar-refractivity contribution in [2.45, 2.75) is 129 Å². The summed E-state index contributed by atoms with van der Waals surface area (Å²) < 4.78 is 17.0. The number of unbranched alkanes of at least 4 members (excludes halogenated alkanes) is 15. The van der Waals surface area contributed by atoms with Crippen molar-refractivity contribution in [3.63, 3.8) is 0 Å². The van der Waals surface area contributed by atoms with Gasteiger partial charge in [0.05, 0.1) is 19.3 Å². The molecule has 0 saturated carbocycles. The maximum absolute atomic E-state index is 11.9. The average Bonchev–Trinajstić information content (AvgIpc) is 3.38. The van der Waals surface area contributed by atoms with Gasteiger partial charge in [0.1, 0.15) is 6.61 Å². The largest absolute Gasteiger partial charge is 0.447 e. The molecule has 1 N–H and O–H groups in total. The van der Waals surface area contributed by atoms with E-state index in [0.29, 0.717) is 19.1 Å². The lowest BCUT2D eigenvalue weighted by molar-refractivity contribution is 0.0391. The third-order valence-corrected chi connectivity index (χ3v) is 7.25. The fourth-order valence-corrected chi connectivity index (χ4v) is 4.91. The van der Waals surface area contributed by atoms with E-state index in [0.717, 1.165) is 31.6 Å². The predicted octanol–water partition coefficient (Wildman–Crippen LogP) is 7.99. The molecule has 0 unspecified atom stereocenters. The SMILES string of the molecule is CCCCCCCCCCCCCCCCCCOC[C@H]1CO[C@H](COC(=O)NCc2ccncc2)C1. The predicted molar refractivity (Wildman–Crippen MR) is 151 cm³/mol. The van der Waals surface area contributed by atoms with Crippen LogP contribution in [0, 0.1) is 5.92 Å². The molecule has 1 amide bonds. The first kappa shape index (κ1) is 31.6. The second kappa shape index (κ2) is 22.3. The van der Waals surface area contributed by atoms with Gasteiger partial charge in [-0.1, -0.05) is 103 Å². The molecule has 0 aromatic carbocycles. The van der Waals surface area contributed by atoms with Crippen LogP contribution in [0.4, 0.5) is 4.79 Å². The van der Waals surface area contributed by atoms with Crippen LogP contribution in [0.25, 0.3) is 0 Å². The van der Waals surface area contributed by atoms with E-state index in [1.165, 1.54) is 96.3 Å². The summed E-state index contributed by atoms with van der Waals surface area (Å²) in [6.07, 6.45) is 26.0. The van der Waals surface area contributed by atoms with Crippen molar-refractivity contribution in [2.24, 2.45) is 5.92 Å². The van der Waals surface area contributed by atoms with Crippen LogP contribution in [-0.2, 0) is 20.8 Å². The van der Waals surface area contributed by atoms with Crippen LogP contribution >= 0.6 is 0 Å². The minimum atomic E-state index is -0.413. The Kier molecular flexibility index (Phi) is 19.0. The number of hydrogen-bond donors (Lipinski definition) is 1. The number of nitrogens with zero attached hydrogens (tertiary/aromatic N) is 1. The zero-order chi connectivity index (χ0) is 26.2. The van der Waals surface area contributed by atoms with Crippen LogP contribution in [0.1, 0.15) is 122 Å². The second-order valence-electron chi connectivity index (χ2n) is 10.7. The van der Waals surface area contributed by atoms with Crippen LogP contribution in [0.2, 0.25) is 0 Å². The number of rotatable bonds is 23. The Morgan fingerprint density at radius 1 is 0.865 bits per heavy atom. The lowest BCUT2D eigenvalue weighted by Gasteiger charge is -2.12. The van der Waals surface area contributed by atoms with Crippen molar-refractivity contribution in [2.75, 3.05) is 26.4 Å². The molecule has 212 valence electrons. The molecule has 0 spiro atoms. The first-order valence-corrected chi connectivity index (χ1v) is 15.3. The molecule has 1 fully saturated rings. The van der Waals surface area contributed by atoms with Crippen molar-refractivity contribution < 1.29 is 19.0 Å². The van der Waals surface area contributed by atoms with E-state index in [1.54, 1.807) is 12.4 Å². The first-order valence-electron chi connectivity index (χ1n) is 15.3. The zero-order valence-corrected chi connectivity index (χ0v) is 23.6. The van der Waals surface area contributed by atoms with Crippen LogP contribution in [0.3, 0.4) is 0 Å². The topological polar surface area (TPSA) is 69.7 Å². The fourth-order valence-electron chi connectivity index (χ4n) is 4.91. The molecule has 6 nitrogen and oxygen atoms in total. The number of nitrogens with one attached hydrogen (secondary N) is 1. The van der Waals surface area contributed by atoms with Gasteiger partial charge in [0.15, 0.2) is 0 Å². The van der Waals surface area contributed by atoms with Crippen LogP contribution in [0.5, 0.6) is 0 Å². The van der Waals surface area contributed by atoms with E-state index < -0.39 is 6.09 Å². The highest BCUT2D eigenvalue weighted by Crippen LogP contribution is 2.20. The van der Waals surface area contributed by atoms with E-state index in [9.17, 15) is 4.79 Å². The summed E-state index contributed by atoms with van der Waals surface area (Å²) >= 11 is 0. The number of amides is 1. The van der Waals surface area contributed by atoms with E-state index in [2.05, 4.69) is 17.2 Å². The molecular weight excluding hydrogens is 464 g/mol. The van der Waals surface area contributed by atoms with Gasteiger partial charge in [0.25, 0.3) is 0 Å². The van der Waals surface area contributed by atoms with E-state index >= 15 is 0 Å². The van der Waals surface area contributed by atoms with Crippen molar-refractivity contribution in [1.82, 2.24) is 10.3 Å². The van der Waals surface area contributed by atoms with Gasteiger partial charge in [-0.15, -0.1) is 0 Å². The maximum Gasteiger partial charge on any atom is 0.407 e. The molecule has 6 heteroatoms. The van der Waals surface area contributed by atoms with Gasteiger partial charge < -0.3 is 19.5 Å². The van der Waals surface area contributed by atoms with E-state index in [-0.39, 0.29) is 12.7 Å². The minimum Gasteiger partial charge on any atom is -0.447 e. The highest BCUT2D eigenvalue weighted by atomic mass is 16.6. The summed E-state index contributed by atoms with van der Waals surface area (Å²) in [5, 5.41) is 2.75. The summed E-state index contributed by atoms with van der Waals surface area (Å²) in [6, 6.07) is 3.73. The Hall–Kier alpha value is -1.66. The van der Waals surface area contributed by atoms with E-state index in [4.69, 9.17) is 14.2 Å². The number of aromatic nitrogens is 1. The minimum absolute atomic E-state index is 0.0316. The molecular formula is C31H54N2O4. The average molecular weight is 519 g/mol. The molecule has 1 aliphatic heterocycles. The number of carbonyl (C=O) groups excluding carboxylic acids is 1. The van der Waals surface area contributed by atoms with Crippen LogP contribution in [0.15, 0.2) is 24.5 Å². The van der Waals surface area contributed by atoms with Crippen molar-refractivity contribution >= 4 is 6.09 Å². The normalized spacial score (nSPS) is 17.2. The molecule has 2 rings (SSSR count). The second-order valence-corrected chi connectivity index (χ2v) is 10.7. The van der Waals surface area contributed by atoms with Gasteiger partial charge in [-0.2, -0.15) is 0 Å². The number of alkyl carbamates (subject to hydrolysis) is 1. The van der Waals surface area contributed by atoms with Gasteiger partial charge in [-0.3, -0.25) is 4.98 Å². The van der Waals surface area contributed by atoms with E-state index in [1.807, 2.05) is 12.1 Å². The van der Waals surface area contributed by atoms with Crippen molar-refractivity contribution in [1.29, 1.82) is 0 Å². The number of carbonyl (C=O) groups is 1. The molecule has 0 aliphatic carbocycles. The summed E-state index contributed by atoms with van der Waals surface area (Å²) in [6.45, 7) is 5.28. The molecule has 2 atom stereocenters. The maximum atomic E-state index is 11.9. The molecule has 1 saturated heterocycles. The Balaban J connectivity index is 1.29. The first-order chi connectivity index (χ1) is 18.3. The summed E-state index contributed by atoms with van der Waals surface area (Å²) in [4.78, 5) is 15.8. The standard InChI is InChI=1S/C31H54N2O4/c1-2-3-4-5-6-7-8-9-10-11-12-13-14-15-16-17-22-35-25-29-23-30(36-26-29)27-37-31(34)33-24-28-18-20-32-21-19-28/h18-21,29-30H,2-17,22-27H2,1H3,(H,33,34)/t29-,30-/m0/s1. The third kappa shape index (κ3) is 17.5. The summed E-state index contributed by atoms with van der Waals surface area (Å²) in [7, 11) is 0. The van der Waals surface area contributed by atoms with Gasteiger partial charge >= 0.3 is 6.09 Å². The smallest absolute Gasteiger partial charge is 0.407 e. The van der Waals surface area contributed by atoms with Gasteiger partial charge in [0, 0.05) is 31.5 Å². The fraction of sp³-hybridized carbons (Fsp3) is 0.806. The van der Waals surface area contributed by atoms with Crippen LogP contribution in [-0.4, -0.2) is 43.6 Å². The third-order valence-electron chi connectivity index (χ3n) is 7.25. The molecule has 2 heterocycles. The lowest BCUT2D eigenvalue weighted by atomic mass is 10.0.